The van der Waals surface area contributed by atoms with Crippen LogP contribution in [0.25, 0.3) is 22.4 Å². The monoisotopic (exact) mass is 577 g/mol. The van der Waals surface area contributed by atoms with E-state index in [0.717, 1.165) is 35.4 Å². The van der Waals surface area contributed by atoms with Gasteiger partial charge in [-0.2, -0.15) is 5.10 Å². The van der Waals surface area contributed by atoms with Crippen LogP contribution in [0.3, 0.4) is 0 Å². The molecule has 10 heteroatoms. The van der Waals surface area contributed by atoms with Crippen molar-refractivity contribution >= 4 is 34.8 Å². The fourth-order valence-electron chi connectivity index (χ4n) is 4.97. The van der Waals surface area contributed by atoms with Crippen molar-refractivity contribution in [1.82, 2.24) is 19.7 Å². The number of amides is 1. The highest BCUT2D eigenvalue weighted by molar-refractivity contribution is 6.39. The number of anilines is 1. The predicted molar refractivity (Wildman–Crippen MR) is 158 cm³/mol. The van der Waals surface area contributed by atoms with Crippen molar-refractivity contribution in [2.45, 2.75) is 19.9 Å². The number of benzene rings is 2. The summed E-state index contributed by atoms with van der Waals surface area (Å²) < 4.78 is 6.75. The molecule has 0 spiro atoms. The Morgan fingerprint density at radius 1 is 1.05 bits per heavy atom. The van der Waals surface area contributed by atoms with E-state index in [9.17, 15) is 9.59 Å². The molecular weight excluding hydrogens is 549 g/mol. The van der Waals surface area contributed by atoms with Gasteiger partial charge in [0.2, 0.25) is 5.88 Å². The number of halogens is 2. The standard InChI is InChI=1S/C30H29Cl2N5O3/c1-18-13-15-37(16-18)17-19-10-11-24(35-29(19)40-3)22-8-4-6-20(26(22)31)21-7-5-9-25(27(21)32)34-28(38)23-12-14-33-36(2)30(23)39/h4-12,14,18H,13,15-17H2,1-3H3,(H,34,38)/t18-/m0/s1. The van der Waals surface area contributed by atoms with Crippen molar-refractivity contribution in [3.8, 4) is 28.3 Å². The lowest BCUT2D eigenvalue weighted by atomic mass is 10.00. The molecule has 3 heterocycles. The minimum atomic E-state index is -0.582. The summed E-state index contributed by atoms with van der Waals surface area (Å²) in [7, 11) is 3.11. The first-order chi connectivity index (χ1) is 19.3. The van der Waals surface area contributed by atoms with Crippen molar-refractivity contribution in [2.75, 3.05) is 25.5 Å². The highest BCUT2D eigenvalue weighted by atomic mass is 35.5. The molecule has 206 valence electrons. The third-order valence-electron chi connectivity index (χ3n) is 7.10. The number of pyridine rings is 1. The van der Waals surface area contributed by atoms with E-state index in [2.05, 4.69) is 22.2 Å². The molecule has 5 rings (SSSR count). The van der Waals surface area contributed by atoms with Crippen molar-refractivity contribution in [1.29, 1.82) is 0 Å². The molecule has 0 bridgehead atoms. The summed E-state index contributed by atoms with van der Waals surface area (Å²) in [6.45, 7) is 5.19. The lowest BCUT2D eigenvalue weighted by Crippen LogP contribution is -2.28. The summed E-state index contributed by atoms with van der Waals surface area (Å²) >= 11 is 13.7. The number of nitrogens with zero attached hydrogens (tertiary/aromatic N) is 4. The van der Waals surface area contributed by atoms with Crippen LogP contribution in [0.2, 0.25) is 10.0 Å². The molecule has 4 aromatic rings. The van der Waals surface area contributed by atoms with Gasteiger partial charge in [-0.05, 0) is 37.1 Å². The van der Waals surface area contributed by atoms with Crippen molar-refractivity contribution < 1.29 is 9.53 Å². The molecule has 0 unspecified atom stereocenters. The van der Waals surface area contributed by atoms with Gasteiger partial charge in [-0.25, -0.2) is 9.67 Å². The van der Waals surface area contributed by atoms with Crippen LogP contribution in [0.4, 0.5) is 5.69 Å². The minimum absolute atomic E-state index is 0.0401. The van der Waals surface area contributed by atoms with Gasteiger partial charge in [0.05, 0.1) is 28.5 Å². The average molecular weight is 578 g/mol. The van der Waals surface area contributed by atoms with E-state index >= 15 is 0 Å². The van der Waals surface area contributed by atoms with Crippen molar-refractivity contribution in [3.63, 3.8) is 0 Å². The molecule has 0 radical (unpaired) electrons. The first-order valence-electron chi connectivity index (χ1n) is 12.9. The quantitative estimate of drug-likeness (QED) is 0.293. The smallest absolute Gasteiger partial charge is 0.279 e. The van der Waals surface area contributed by atoms with Gasteiger partial charge in [-0.15, -0.1) is 0 Å². The maximum atomic E-state index is 12.8. The Hall–Kier alpha value is -3.72. The fraction of sp³-hybridized carbons (Fsp3) is 0.267. The average Bonchev–Trinajstić information content (AvgIpc) is 3.36. The first-order valence-corrected chi connectivity index (χ1v) is 13.7. The van der Waals surface area contributed by atoms with Gasteiger partial charge in [0, 0.05) is 48.6 Å². The normalized spacial score (nSPS) is 15.3. The number of hydrogen-bond donors (Lipinski definition) is 1. The van der Waals surface area contributed by atoms with E-state index in [0.29, 0.717) is 44.4 Å². The van der Waals surface area contributed by atoms with Gasteiger partial charge < -0.3 is 10.1 Å². The fourth-order valence-corrected chi connectivity index (χ4v) is 5.57. The summed E-state index contributed by atoms with van der Waals surface area (Å²) in [5.41, 5.74) is 3.54. The Morgan fingerprint density at radius 2 is 1.77 bits per heavy atom. The minimum Gasteiger partial charge on any atom is -0.481 e. The third-order valence-corrected chi connectivity index (χ3v) is 7.91. The molecule has 1 aliphatic rings. The highest BCUT2D eigenvalue weighted by Crippen LogP contribution is 2.41. The van der Waals surface area contributed by atoms with Gasteiger partial charge in [0.1, 0.15) is 5.56 Å². The van der Waals surface area contributed by atoms with Gasteiger partial charge in [-0.1, -0.05) is 66.5 Å². The van der Waals surface area contributed by atoms with Gasteiger partial charge in [0.25, 0.3) is 11.5 Å². The number of aryl methyl sites for hydroxylation is 1. The van der Waals surface area contributed by atoms with Crippen LogP contribution in [0.5, 0.6) is 5.88 Å². The van der Waals surface area contributed by atoms with Crippen LogP contribution in [0.1, 0.15) is 29.3 Å². The molecular formula is C30H29Cl2N5O3. The number of ether oxygens (including phenoxy) is 1. The zero-order valence-electron chi connectivity index (χ0n) is 22.4. The van der Waals surface area contributed by atoms with Gasteiger partial charge in [0.15, 0.2) is 0 Å². The number of hydrogen-bond acceptors (Lipinski definition) is 6. The lowest BCUT2D eigenvalue weighted by molar-refractivity contribution is 0.102. The Morgan fingerprint density at radius 3 is 2.50 bits per heavy atom. The second-order valence-corrected chi connectivity index (χ2v) is 10.7. The zero-order valence-corrected chi connectivity index (χ0v) is 24.0. The molecule has 1 saturated heterocycles. The summed E-state index contributed by atoms with van der Waals surface area (Å²) in [5, 5.41) is 7.35. The second kappa shape index (κ2) is 11.8. The van der Waals surface area contributed by atoms with Crippen molar-refractivity contribution in [2.24, 2.45) is 13.0 Å². The Kier molecular flexibility index (Phi) is 8.21. The number of nitrogens with one attached hydrogen (secondary N) is 1. The molecule has 1 aliphatic heterocycles. The molecule has 1 atom stereocenters. The molecule has 1 N–H and O–H groups in total. The zero-order chi connectivity index (χ0) is 28.4. The van der Waals surface area contributed by atoms with Gasteiger partial charge >= 0.3 is 0 Å². The molecule has 2 aromatic heterocycles. The van der Waals surface area contributed by atoms with Crippen LogP contribution < -0.4 is 15.6 Å². The number of methoxy groups -OCH3 is 1. The van der Waals surface area contributed by atoms with E-state index < -0.39 is 11.5 Å². The van der Waals surface area contributed by atoms with Gasteiger partial charge in [-0.3, -0.25) is 14.5 Å². The Balaban J connectivity index is 1.45. The first kappa shape index (κ1) is 27.8. The van der Waals surface area contributed by atoms with E-state index in [1.807, 2.05) is 36.4 Å². The van der Waals surface area contributed by atoms with Crippen LogP contribution >= 0.6 is 23.2 Å². The number of aromatic nitrogens is 3. The summed E-state index contributed by atoms with van der Waals surface area (Å²) in [4.78, 5) is 32.4. The van der Waals surface area contributed by atoms with Crippen LogP contribution in [0.15, 0.2) is 65.6 Å². The molecule has 1 amide bonds. The molecule has 8 nitrogen and oxygen atoms in total. The van der Waals surface area contributed by atoms with Crippen LogP contribution in [-0.4, -0.2) is 45.8 Å². The molecule has 0 aliphatic carbocycles. The number of rotatable bonds is 7. The third kappa shape index (κ3) is 5.61. The van der Waals surface area contributed by atoms with E-state index in [1.54, 1.807) is 19.2 Å². The lowest BCUT2D eigenvalue weighted by Gasteiger charge is -2.18. The predicted octanol–water partition coefficient (Wildman–Crippen LogP) is 5.92. The summed E-state index contributed by atoms with van der Waals surface area (Å²) in [6.07, 6.45) is 2.59. The molecule has 0 saturated carbocycles. The number of carbonyl (C=O) groups excluding carboxylic acids is 1. The van der Waals surface area contributed by atoms with Crippen molar-refractivity contribution in [3.05, 3.63) is 92.3 Å². The van der Waals surface area contributed by atoms with E-state index in [4.69, 9.17) is 32.9 Å². The molecule has 40 heavy (non-hydrogen) atoms. The molecule has 1 fully saturated rings. The number of likely N-dealkylation sites (tertiary alicyclic amines) is 1. The Labute approximate surface area is 242 Å². The molecule has 2 aromatic carbocycles. The van der Waals surface area contributed by atoms with Crippen LogP contribution in [-0.2, 0) is 13.6 Å². The summed E-state index contributed by atoms with van der Waals surface area (Å²) in [6, 6.07) is 16.3. The topological polar surface area (TPSA) is 89.3 Å². The van der Waals surface area contributed by atoms with E-state index in [1.165, 1.54) is 25.7 Å². The van der Waals surface area contributed by atoms with Crippen LogP contribution in [0, 0.1) is 5.92 Å². The number of carbonyl (C=O) groups is 1. The largest absolute Gasteiger partial charge is 0.481 e. The van der Waals surface area contributed by atoms with E-state index in [-0.39, 0.29) is 5.56 Å². The SMILES string of the molecule is COc1nc(-c2cccc(-c3cccc(NC(=O)c4ccnn(C)c4=O)c3Cl)c2Cl)ccc1CN1CC[C@H](C)C1. The highest BCUT2D eigenvalue weighted by Gasteiger charge is 2.22. The maximum absolute atomic E-state index is 12.8. The second-order valence-electron chi connectivity index (χ2n) is 9.96. The maximum Gasteiger partial charge on any atom is 0.279 e. The Bertz CT molecular complexity index is 1640. The summed E-state index contributed by atoms with van der Waals surface area (Å²) in [5.74, 6) is 0.687.